The maximum absolute atomic E-state index is 12.2. The van der Waals surface area contributed by atoms with Gasteiger partial charge in [-0.05, 0) is 55.3 Å². The van der Waals surface area contributed by atoms with E-state index in [9.17, 15) is 30.3 Å². The predicted octanol–water partition coefficient (Wildman–Crippen LogP) is -0.0574. The van der Waals surface area contributed by atoms with Crippen LogP contribution in [0.5, 0.6) is 5.88 Å². The monoisotopic (exact) mass is 593 g/mol. The number of unbranched alkanes of at least 4 members (excludes halogenated alkanes) is 1. The van der Waals surface area contributed by atoms with Crippen LogP contribution in [0.25, 0.3) is 0 Å². The van der Waals surface area contributed by atoms with E-state index in [0.29, 0.717) is 32.4 Å². The lowest BCUT2D eigenvalue weighted by molar-refractivity contribution is -0.278. The van der Waals surface area contributed by atoms with Crippen LogP contribution in [0, 0.1) is 6.92 Å². The molecule has 0 bridgehead atoms. The van der Waals surface area contributed by atoms with Gasteiger partial charge in [-0.1, -0.05) is 38.5 Å². The van der Waals surface area contributed by atoms with Gasteiger partial charge in [-0.3, -0.25) is 5.10 Å². The number of amides is 2. The molecular weight excluding hydrogens is 546 g/mol. The van der Waals surface area contributed by atoms with Gasteiger partial charge in [0.1, 0.15) is 24.4 Å². The fourth-order valence-electron chi connectivity index (χ4n) is 4.99. The smallest absolute Gasteiger partial charge is 0.315 e. The highest BCUT2D eigenvalue weighted by Crippen LogP contribution is 2.32. The molecule has 1 saturated heterocycles. The molecule has 1 aliphatic rings. The summed E-state index contributed by atoms with van der Waals surface area (Å²) in [5, 5.41) is 62.6. The Morgan fingerprint density at radius 3 is 2.57 bits per heavy atom. The van der Waals surface area contributed by atoms with Crippen molar-refractivity contribution in [2.24, 2.45) is 5.73 Å². The summed E-state index contributed by atoms with van der Waals surface area (Å²) < 4.78 is 11.4. The zero-order valence-electron chi connectivity index (χ0n) is 24.6. The number of hydrogen-bond donors (Lipinski definition) is 9. The lowest BCUT2D eigenvalue weighted by Crippen LogP contribution is -2.60. The molecule has 1 aliphatic heterocycles. The molecule has 0 aliphatic carbocycles. The fraction of sp³-hybridized carbons (Fsp3) is 0.655. The molecule has 13 heteroatoms. The van der Waals surface area contributed by atoms with Crippen molar-refractivity contribution in [3.8, 4) is 5.88 Å². The normalized spacial score (nSPS) is 23.1. The third-order valence-corrected chi connectivity index (χ3v) is 7.55. The summed E-state index contributed by atoms with van der Waals surface area (Å²) in [7, 11) is 0. The summed E-state index contributed by atoms with van der Waals surface area (Å²) in [4.78, 5) is 12.2. The molecule has 0 radical (unpaired) electrons. The van der Waals surface area contributed by atoms with Crippen LogP contribution in [0.1, 0.15) is 67.0 Å². The molecule has 0 unspecified atom stereocenters. The molecule has 3 rings (SSSR count). The van der Waals surface area contributed by atoms with Crippen molar-refractivity contribution >= 4 is 6.03 Å². The van der Waals surface area contributed by atoms with Crippen molar-refractivity contribution in [2.75, 3.05) is 26.3 Å². The van der Waals surface area contributed by atoms with E-state index in [1.807, 2.05) is 32.9 Å². The minimum Gasteiger partial charge on any atom is -0.443 e. The van der Waals surface area contributed by atoms with Gasteiger partial charge >= 0.3 is 6.03 Å². The van der Waals surface area contributed by atoms with E-state index >= 15 is 0 Å². The first-order valence-electron chi connectivity index (χ1n) is 14.6. The number of nitrogens with one attached hydrogen (secondary N) is 3. The van der Waals surface area contributed by atoms with E-state index in [4.69, 9.17) is 15.2 Å². The number of H-pyrrole nitrogens is 1. The second-order valence-corrected chi connectivity index (χ2v) is 11.1. The van der Waals surface area contributed by atoms with Crippen LogP contribution in [-0.2, 0) is 17.6 Å². The van der Waals surface area contributed by atoms with Crippen molar-refractivity contribution in [3.63, 3.8) is 0 Å². The SMILES string of the molecule is Cc1cc(CCNC(=O)N[C@H](CO)CCCCN)ccc1Cc1c(O[C@@H]2O[C@H](CO)[C@@H](O)[C@H](O)[C@H]2O)n[nH]c1C(C)C. The Balaban J connectivity index is 1.63. The van der Waals surface area contributed by atoms with Gasteiger partial charge in [0.2, 0.25) is 12.2 Å². The Hall–Kier alpha value is -2.78. The minimum atomic E-state index is -1.55. The quantitative estimate of drug-likeness (QED) is 0.125. The number of urea groups is 1. The second-order valence-electron chi connectivity index (χ2n) is 11.1. The van der Waals surface area contributed by atoms with Crippen LogP contribution in [0.4, 0.5) is 4.79 Å². The van der Waals surface area contributed by atoms with E-state index in [2.05, 4.69) is 26.9 Å². The van der Waals surface area contributed by atoms with Crippen molar-refractivity contribution in [3.05, 3.63) is 46.1 Å². The minimum absolute atomic E-state index is 0.0857. The van der Waals surface area contributed by atoms with Crippen LogP contribution >= 0.6 is 0 Å². The molecule has 0 saturated carbocycles. The van der Waals surface area contributed by atoms with Gasteiger partial charge in [0.15, 0.2) is 0 Å². The Kier molecular flexibility index (Phi) is 13.0. The number of hydrogen-bond acceptors (Lipinski definition) is 10. The van der Waals surface area contributed by atoms with E-state index in [0.717, 1.165) is 40.8 Å². The Morgan fingerprint density at radius 2 is 1.93 bits per heavy atom. The maximum atomic E-state index is 12.2. The zero-order valence-corrected chi connectivity index (χ0v) is 24.6. The number of benzene rings is 1. The Morgan fingerprint density at radius 1 is 1.17 bits per heavy atom. The first-order valence-corrected chi connectivity index (χ1v) is 14.6. The number of aliphatic hydroxyl groups is 5. The molecule has 42 heavy (non-hydrogen) atoms. The summed E-state index contributed by atoms with van der Waals surface area (Å²) in [5.74, 6) is 0.286. The second kappa shape index (κ2) is 16.2. The number of nitrogens with two attached hydrogens (primary N) is 1. The molecular formula is C29H47N5O8. The molecule has 1 aromatic carbocycles. The van der Waals surface area contributed by atoms with E-state index in [1.165, 1.54) is 0 Å². The van der Waals surface area contributed by atoms with E-state index in [-0.39, 0.29) is 30.5 Å². The van der Waals surface area contributed by atoms with Crippen LogP contribution in [-0.4, -0.2) is 105 Å². The summed E-state index contributed by atoms with van der Waals surface area (Å²) >= 11 is 0. The molecule has 10 N–H and O–H groups in total. The lowest BCUT2D eigenvalue weighted by Gasteiger charge is -2.39. The topological polar surface area (TPSA) is 215 Å². The first-order chi connectivity index (χ1) is 20.1. The van der Waals surface area contributed by atoms with Crippen LogP contribution in [0.2, 0.25) is 0 Å². The number of aromatic amines is 1. The number of ether oxygens (including phenoxy) is 2. The number of aromatic nitrogens is 2. The van der Waals surface area contributed by atoms with Gasteiger partial charge in [-0.15, -0.1) is 5.10 Å². The standard InChI is InChI=1S/C29H47N5O8/c1-16(2)23-21(27(34-33-23)42-28-26(39)25(38)24(37)22(15-36)41-28)13-19-8-7-18(12-17(19)3)9-11-31-29(40)32-20(14-35)6-4-5-10-30/h7-8,12,16,20,22,24-26,28,35-39H,4-6,9-11,13-15,30H2,1-3H3,(H,33,34)(H2,31,32,40)/t20-,22+,24+,25-,26+,28-/m0/s1. The number of carbonyl (C=O) groups is 1. The van der Waals surface area contributed by atoms with Gasteiger partial charge in [-0.2, -0.15) is 0 Å². The first kappa shape index (κ1) is 33.7. The predicted molar refractivity (Wildman–Crippen MR) is 155 cm³/mol. The number of nitrogens with zero attached hydrogens (tertiary/aromatic N) is 1. The van der Waals surface area contributed by atoms with Crippen molar-refractivity contribution in [1.82, 2.24) is 20.8 Å². The summed E-state index contributed by atoms with van der Waals surface area (Å²) in [5.41, 5.74) is 10.2. The molecule has 13 nitrogen and oxygen atoms in total. The molecule has 236 valence electrons. The average Bonchev–Trinajstić information content (AvgIpc) is 3.36. The molecule has 2 heterocycles. The van der Waals surface area contributed by atoms with Gasteiger partial charge in [-0.25, -0.2) is 4.79 Å². The molecule has 1 fully saturated rings. The van der Waals surface area contributed by atoms with Gasteiger partial charge in [0.05, 0.1) is 19.3 Å². The van der Waals surface area contributed by atoms with E-state index < -0.39 is 37.3 Å². The highest BCUT2D eigenvalue weighted by molar-refractivity contribution is 5.74. The largest absolute Gasteiger partial charge is 0.443 e. The Bertz CT molecular complexity index is 1130. The summed E-state index contributed by atoms with van der Waals surface area (Å²) in [6.07, 6.45) is -3.56. The number of aryl methyl sites for hydroxylation is 1. The molecule has 1 aromatic heterocycles. The maximum Gasteiger partial charge on any atom is 0.315 e. The summed E-state index contributed by atoms with van der Waals surface area (Å²) in [6, 6.07) is 5.46. The van der Waals surface area contributed by atoms with E-state index in [1.54, 1.807) is 0 Å². The third kappa shape index (κ3) is 8.86. The average molecular weight is 594 g/mol. The van der Waals surface area contributed by atoms with Gasteiger partial charge in [0.25, 0.3) is 0 Å². The zero-order chi connectivity index (χ0) is 30.8. The van der Waals surface area contributed by atoms with Gasteiger partial charge < -0.3 is 51.4 Å². The number of rotatable bonds is 15. The molecule has 2 aromatic rings. The van der Waals surface area contributed by atoms with Crippen LogP contribution in [0.15, 0.2) is 18.2 Å². The summed E-state index contributed by atoms with van der Waals surface area (Å²) in [6.45, 7) is 6.36. The number of aliphatic hydroxyl groups excluding tert-OH is 5. The van der Waals surface area contributed by atoms with Crippen LogP contribution < -0.4 is 21.1 Å². The molecule has 0 spiro atoms. The van der Waals surface area contributed by atoms with Crippen molar-refractivity contribution in [1.29, 1.82) is 0 Å². The van der Waals surface area contributed by atoms with Gasteiger partial charge in [0, 0.05) is 24.2 Å². The molecule has 6 atom stereocenters. The van der Waals surface area contributed by atoms with Crippen LogP contribution in [0.3, 0.4) is 0 Å². The Labute approximate surface area is 246 Å². The molecule has 2 amide bonds. The lowest BCUT2D eigenvalue weighted by atomic mass is 9.95. The highest BCUT2D eigenvalue weighted by Gasteiger charge is 2.45. The van der Waals surface area contributed by atoms with Crippen molar-refractivity contribution in [2.45, 2.75) is 95.5 Å². The van der Waals surface area contributed by atoms with Crippen molar-refractivity contribution < 1.29 is 39.8 Å². The number of carbonyl (C=O) groups excluding carboxylic acids is 1. The highest BCUT2D eigenvalue weighted by atomic mass is 16.7. The fourth-order valence-corrected chi connectivity index (χ4v) is 4.99. The third-order valence-electron chi connectivity index (χ3n) is 7.55.